The second kappa shape index (κ2) is 6.52. The molecule has 2 atom stereocenters. The number of anilines is 2. The number of amidine groups is 1. The molecule has 3 saturated heterocycles. The molecule has 0 aliphatic carbocycles. The molecule has 7 rings (SSSR count). The Morgan fingerprint density at radius 1 is 1.10 bits per heavy atom. The lowest BCUT2D eigenvalue weighted by Gasteiger charge is -2.48. The zero-order valence-corrected chi connectivity index (χ0v) is 16.4. The molecule has 5 heterocycles. The van der Waals surface area contributed by atoms with E-state index in [1.54, 1.807) is 4.68 Å². The molecule has 3 fully saturated rings. The molecule has 0 spiro atoms. The van der Waals surface area contributed by atoms with E-state index in [1.807, 2.05) is 18.2 Å². The minimum absolute atomic E-state index is 0.0355. The smallest absolute Gasteiger partial charge is 0.176 e. The molecule has 4 aliphatic heterocycles. The van der Waals surface area contributed by atoms with E-state index in [9.17, 15) is 8.78 Å². The van der Waals surface area contributed by atoms with Gasteiger partial charge >= 0.3 is 0 Å². The topological polar surface area (TPSA) is 54.7 Å². The normalized spacial score (nSPS) is 21.7. The van der Waals surface area contributed by atoms with Crippen molar-refractivity contribution in [2.45, 2.75) is 18.6 Å². The number of ether oxygens (including phenoxy) is 1. The lowest BCUT2D eigenvalue weighted by atomic mass is 9.98. The number of benzene rings is 2. The van der Waals surface area contributed by atoms with Gasteiger partial charge in [-0.05, 0) is 30.3 Å². The molecule has 1 aromatic heterocycles. The summed E-state index contributed by atoms with van der Waals surface area (Å²) < 4.78 is 36.2. The van der Waals surface area contributed by atoms with Gasteiger partial charge in [0.1, 0.15) is 22.5 Å². The van der Waals surface area contributed by atoms with Crippen molar-refractivity contribution in [3.63, 3.8) is 0 Å². The van der Waals surface area contributed by atoms with Gasteiger partial charge in [0.15, 0.2) is 5.82 Å². The number of nitrogens with zero attached hydrogens (tertiary/aromatic N) is 4. The van der Waals surface area contributed by atoms with Gasteiger partial charge in [0, 0.05) is 25.2 Å². The molecule has 0 radical (unpaired) electrons. The summed E-state index contributed by atoms with van der Waals surface area (Å²) in [6, 6.07) is 9.53. The van der Waals surface area contributed by atoms with Gasteiger partial charge < -0.3 is 15.0 Å². The van der Waals surface area contributed by atoms with Gasteiger partial charge in [-0.2, -0.15) is 5.10 Å². The summed E-state index contributed by atoms with van der Waals surface area (Å²) in [5, 5.41) is 7.71. The Labute approximate surface area is 175 Å². The third kappa shape index (κ3) is 2.71. The average Bonchev–Trinajstić information content (AvgIpc) is 2.99. The van der Waals surface area contributed by atoms with Crippen LogP contribution in [0.25, 0.3) is 5.69 Å². The van der Waals surface area contributed by atoms with Crippen LogP contribution in [0.1, 0.15) is 12.0 Å². The van der Waals surface area contributed by atoms with Gasteiger partial charge in [0.2, 0.25) is 0 Å². The number of morpholine rings is 1. The minimum Gasteiger partial charge on any atom is -0.371 e. The van der Waals surface area contributed by atoms with Crippen molar-refractivity contribution < 1.29 is 13.5 Å². The number of halogens is 3. The highest BCUT2D eigenvalue weighted by Gasteiger charge is 2.38. The predicted molar refractivity (Wildman–Crippen MR) is 110 cm³/mol. The van der Waals surface area contributed by atoms with Crippen molar-refractivity contribution in [2.75, 3.05) is 23.3 Å². The van der Waals surface area contributed by atoms with Crippen LogP contribution in [-0.2, 0) is 4.74 Å². The summed E-state index contributed by atoms with van der Waals surface area (Å²) in [6.45, 7) is 1.66. The second-order valence-electron chi connectivity index (χ2n) is 7.63. The van der Waals surface area contributed by atoms with Crippen LogP contribution in [0.5, 0.6) is 0 Å². The first kappa shape index (κ1) is 17.9. The summed E-state index contributed by atoms with van der Waals surface area (Å²) in [6.07, 6.45) is 3.12. The van der Waals surface area contributed by atoms with E-state index in [1.165, 1.54) is 24.4 Å². The van der Waals surface area contributed by atoms with Crippen molar-refractivity contribution >= 4 is 34.6 Å². The van der Waals surface area contributed by atoms with E-state index in [2.05, 4.69) is 20.3 Å². The van der Waals surface area contributed by atoms with E-state index in [4.69, 9.17) is 16.3 Å². The van der Waals surface area contributed by atoms with E-state index in [0.717, 1.165) is 25.2 Å². The highest BCUT2D eigenvalue weighted by Crippen LogP contribution is 2.38. The third-order valence-electron chi connectivity index (χ3n) is 5.70. The Balaban J connectivity index is 1.47. The van der Waals surface area contributed by atoms with Crippen LogP contribution >= 0.6 is 11.6 Å². The number of aliphatic imine (C=N–C) groups is 1. The lowest BCUT2D eigenvalue weighted by molar-refractivity contribution is -0.133. The Bertz CT molecular complexity index is 1170. The first-order valence-corrected chi connectivity index (χ1v) is 10.0. The van der Waals surface area contributed by atoms with Crippen molar-refractivity contribution in [1.82, 2.24) is 9.78 Å². The van der Waals surface area contributed by atoms with Crippen LogP contribution in [-0.4, -0.2) is 40.9 Å². The summed E-state index contributed by atoms with van der Waals surface area (Å²) >= 11 is 6.31. The minimum atomic E-state index is -0.712. The highest BCUT2D eigenvalue weighted by atomic mass is 35.5. The number of aromatic nitrogens is 2. The number of piperidine rings is 1. The molecule has 0 saturated carbocycles. The van der Waals surface area contributed by atoms with Gasteiger partial charge in [0.25, 0.3) is 0 Å². The maximum Gasteiger partial charge on any atom is 0.176 e. The van der Waals surface area contributed by atoms with Crippen molar-refractivity contribution in [2.24, 2.45) is 4.99 Å². The first-order valence-electron chi connectivity index (χ1n) is 9.65. The Hall–Kier alpha value is -2.97. The lowest BCUT2D eigenvalue weighted by Crippen LogP contribution is -2.57. The summed E-state index contributed by atoms with van der Waals surface area (Å²) in [5.74, 6) is -1.08. The predicted octanol–water partition coefficient (Wildman–Crippen LogP) is 4.29. The van der Waals surface area contributed by atoms with Gasteiger partial charge in [-0.25, -0.2) is 18.5 Å². The molecule has 1 N–H and O–H groups in total. The summed E-state index contributed by atoms with van der Waals surface area (Å²) in [4.78, 5) is 6.70. The third-order valence-corrected chi connectivity index (χ3v) is 5.97. The van der Waals surface area contributed by atoms with E-state index < -0.39 is 11.6 Å². The summed E-state index contributed by atoms with van der Waals surface area (Å²) in [5.41, 5.74) is 2.10. The fraction of sp³-hybridized carbons (Fsp3) is 0.238. The van der Waals surface area contributed by atoms with Crippen molar-refractivity contribution in [3.8, 4) is 5.69 Å². The van der Waals surface area contributed by atoms with Crippen molar-refractivity contribution in [3.05, 3.63) is 64.8 Å². The zero-order valence-electron chi connectivity index (χ0n) is 15.6. The molecule has 4 aliphatic rings. The molecule has 3 aromatic rings. The molecular formula is C21H16ClF2N5O. The molecule has 30 heavy (non-hydrogen) atoms. The van der Waals surface area contributed by atoms with Gasteiger partial charge in [-0.1, -0.05) is 17.7 Å². The van der Waals surface area contributed by atoms with Crippen LogP contribution < -0.4 is 10.2 Å². The van der Waals surface area contributed by atoms with Gasteiger partial charge in [-0.15, -0.1) is 0 Å². The van der Waals surface area contributed by atoms with Crippen LogP contribution in [0.4, 0.5) is 26.0 Å². The molecule has 2 aromatic carbocycles. The maximum absolute atomic E-state index is 14.5. The van der Waals surface area contributed by atoms with Crippen LogP contribution in [0.2, 0.25) is 5.02 Å². The van der Waals surface area contributed by atoms with E-state index in [-0.39, 0.29) is 28.6 Å². The second-order valence-corrected chi connectivity index (χ2v) is 8.04. The van der Waals surface area contributed by atoms with Crippen LogP contribution in [0.15, 0.2) is 47.6 Å². The number of fused-ring (bicyclic) bond motifs is 5. The first-order chi connectivity index (χ1) is 14.6. The average molecular weight is 428 g/mol. The molecule has 2 unspecified atom stereocenters. The molecule has 0 amide bonds. The molecule has 9 heteroatoms. The molecule has 6 nitrogen and oxygen atoms in total. The molecule has 2 bridgehead atoms. The largest absolute Gasteiger partial charge is 0.371 e. The van der Waals surface area contributed by atoms with Crippen molar-refractivity contribution in [1.29, 1.82) is 0 Å². The monoisotopic (exact) mass is 427 g/mol. The van der Waals surface area contributed by atoms with E-state index in [0.29, 0.717) is 17.2 Å². The quantitative estimate of drug-likeness (QED) is 0.663. The number of nitrogens with one attached hydrogen (secondary N) is 1. The molecule has 152 valence electrons. The number of rotatable bonds is 2. The van der Waals surface area contributed by atoms with Gasteiger partial charge in [0.05, 0.1) is 35.3 Å². The number of hydrogen-bond acceptors (Lipinski definition) is 5. The Morgan fingerprint density at radius 3 is 2.57 bits per heavy atom. The summed E-state index contributed by atoms with van der Waals surface area (Å²) in [7, 11) is 0. The fourth-order valence-electron chi connectivity index (χ4n) is 4.27. The zero-order chi connectivity index (χ0) is 20.4. The van der Waals surface area contributed by atoms with Gasteiger partial charge in [-0.3, -0.25) is 0 Å². The van der Waals surface area contributed by atoms with Crippen LogP contribution in [0, 0.1) is 11.6 Å². The van der Waals surface area contributed by atoms with E-state index >= 15 is 0 Å². The Morgan fingerprint density at radius 2 is 1.83 bits per heavy atom. The number of hydrogen-bond donors (Lipinski definition) is 1. The maximum atomic E-state index is 14.5. The standard InChI is InChI=1S/C21H16ClF2N5O/c22-14-8-25-29-18-6-11(28-9-12-7-13(10-28)30-12)4-5-17(18)26-20(27-21(14)29)19-15(23)2-1-3-16(19)24/h1-6,8,12-13H,7,9-10H2,(H,26,27). The molecular weight excluding hydrogens is 412 g/mol. The SMILES string of the molecule is Fc1cccc(F)c1C1=Nc2c(Cl)cnn2-c2cc(N3CC4CC(C3)O4)ccc2N1. The Kier molecular flexibility index (Phi) is 3.88. The van der Waals surface area contributed by atoms with Crippen LogP contribution in [0.3, 0.4) is 0 Å². The highest BCUT2D eigenvalue weighted by molar-refractivity contribution is 6.33. The fourth-order valence-corrected chi connectivity index (χ4v) is 4.43.